The van der Waals surface area contributed by atoms with Gasteiger partial charge >= 0.3 is 0 Å². The van der Waals surface area contributed by atoms with E-state index >= 15 is 0 Å². The van der Waals surface area contributed by atoms with Crippen LogP contribution in [-0.2, 0) is 6.54 Å². The Morgan fingerprint density at radius 2 is 1.84 bits per heavy atom. The first-order valence-corrected chi connectivity index (χ1v) is 7.05. The van der Waals surface area contributed by atoms with Crippen LogP contribution in [0.3, 0.4) is 0 Å². The van der Waals surface area contributed by atoms with Crippen molar-refractivity contribution < 1.29 is 9.47 Å². The summed E-state index contributed by atoms with van der Waals surface area (Å²) >= 11 is 0. The Bertz CT molecular complexity index is 443. The highest BCUT2D eigenvalue weighted by atomic mass is 16.5. The predicted molar refractivity (Wildman–Crippen MR) is 78.0 cm³/mol. The fourth-order valence-electron chi connectivity index (χ4n) is 3.08. The molecular weight excluding hydrogens is 238 g/mol. The van der Waals surface area contributed by atoms with E-state index in [0.717, 1.165) is 18.0 Å². The van der Waals surface area contributed by atoms with Crippen LogP contribution in [0, 0.1) is 5.92 Å². The van der Waals surface area contributed by atoms with E-state index in [2.05, 4.69) is 26.1 Å². The van der Waals surface area contributed by atoms with Crippen LogP contribution >= 0.6 is 0 Å². The molecular formula is C16H25NO2. The maximum absolute atomic E-state index is 5.55. The second-order valence-electron chi connectivity index (χ2n) is 5.77. The van der Waals surface area contributed by atoms with Crippen molar-refractivity contribution in [3.8, 4) is 11.5 Å². The fourth-order valence-corrected chi connectivity index (χ4v) is 3.08. The van der Waals surface area contributed by atoms with Gasteiger partial charge in [0.15, 0.2) is 0 Å². The van der Waals surface area contributed by atoms with E-state index in [1.807, 2.05) is 12.1 Å². The van der Waals surface area contributed by atoms with Gasteiger partial charge < -0.3 is 14.8 Å². The molecule has 1 N–H and O–H groups in total. The van der Waals surface area contributed by atoms with Gasteiger partial charge in [-0.2, -0.15) is 0 Å². The van der Waals surface area contributed by atoms with Gasteiger partial charge in [-0.1, -0.05) is 20.8 Å². The minimum Gasteiger partial charge on any atom is -0.496 e. The molecule has 0 fully saturated rings. The molecule has 2 rings (SSSR count). The molecule has 1 aromatic rings. The van der Waals surface area contributed by atoms with Crippen LogP contribution in [0.5, 0.6) is 11.5 Å². The first-order valence-electron chi connectivity index (χ1n) is 7.05. The topological polar surface area (TPSA) is 30.5 Å². The smallest absolute Gasteiger partial charge is 0.123 e. The molecule has 0 aliphatic carbocycles. The Hall–Kier alpha value is -1.22. The molecule has 1 aliphatic heterocycles. The molecule has 19 heavy (non-hydrogen) atoms. The molecule has 1 aromatic carbocycles. The van der Waals surface area contributed by atoms with Gasteiger partial charge in [-0.25, -0.2) is 0 Å². The molecule has 0 spiro atoms. The average molecular weight is 263 g/mol. The van der Waals surface area contributed by atoms with E-state index in [-0.39, 0.29) is 0 Å². The van der Waals surface area contributed by atoms with Crippen molar-refractivity contribution in [2.45, 2.75) is 45.7 Å². The summed E-state index contributed by atoms with van der Waals surface area (Å²) in [4.78, 5) is 0. The number of fused-ring (bicyclic) bond motifs is 1. The van der Waals surface area contributed by atoms with Crippen molar-refractivity contribution in [2.24, 2.45) is 5.92 Å². The average Bonchev–Trinajstić information content (AvgIpc) is 2.40. The van der Waals surface area contributed by atoms with Gasteiger partial charge in [-0.15, -0.1) is 0 Å². The zero-order valence-electron chi connectivity index (χ0n) is 12.6. The number of hydrogen-bond acceptors (Lipinski definition) is 3. The number of ether oxygens (including phenoxy) is 2. The summed E-state index contributed by atoms with van der Waals surface area (Å²) in [7, 11) is 3.47. The molecule has 0 bridgehead atoms. The lowest BCUT2D eigenvalue weighted by molar-refractivity contribution is 0.328. The van der Waals surface area contributed by atoms with E-state index in [0.29, 0.717) is 17.9 Å². The van der Waals surface area contributed by atoms with E-state index in [1.54, 1.807) is 14.2 Å². The van der Waals surface area contributed by atoms with Crippen molar-refractivity contribution >= 4 is 0 Å². The summed E-state index contributed by atoms with van der Waals surface area (Å²) in [5.74, 6) is 3.08. The Balaban J connectivity index is 2.40. The van der Waals surface area contributed by atoms with Gasteiger partial charge in [0.05, 0.1) is 14.2 Å². The molecule has 3 nitrogen and oxygen atoms in total. The number of methoxy groups -OCH3 is 2. The Kier molecular flexibility index (Phi) is 4.35. The van der Waals surface area contributed by atoms with Crippen molar-refractivity contribution in [3.05, 3.63) is 23.3 Å². The maximum Gasteiger partial charge on any atom is 0.123 e. The Morgan fingerprint density at radius 3 is 2.42 bits per heavy atom. The van der Waals surface area contributed by atoms with Crippen LogP contribution in [0.15, 0.2) is 12.1 Å². The molecule has 1 aliphatic rings. The second kappa shape index (κ2) is 5.83. The maximum atomic E-state index is 5.55. The monoisotopic (exact) mass is 263 g/mol. The van der Waals surface area contributed by atoms with Crippen molar-refractivity contribution in [2.75, 3.05) is 14.2 Å². The fraction of sp³-hybridized carbons (Fsp3) is 0.625. The van der Waals surface area contributed by atoms with Gasteiger partial charge in [0.2, 0.25) is 0 Å². The normalized spacial score (nSPS) is 22.2. The van der Waals surface area contributed by atoms with Gasteiger partial charge in [0.1, 0.15) is 11.5 Å². The zero-order chi connectivity index (χ0) is 14.0. The van der Waals surface area contributed by atoms with Crippen LogP contribution in [-0.4, -0.2) is 20.3 Å². The van der Waals surface area contributed by atoms with Gasteiger partial charge in [0.25, 0.3) is 0 Å². The van der Waals surface area contributed by atoms with Crippen LogP contribution in [0.25, 0.3) is 0 Å². The summed E-state index contributed by atoms with van der Waals surface area (Å²) in [6, 6.07) is 4.52. The number of benzene rings is 1. The third kappa shape index (κ3) is 2.71. The molecule has 0 saturated carbocycles. The highest BCUT2D eigenvalue weighted by Gasteiger charge is 2.30. The van der Waals surface area contributed by atoms with E-state index in [9.17, 15) is 0 Å². The lowest BCUT2D eigenvalue weighted by Crippen LogP contribution is -2.39. The van der Waals surface area contributed by atoms with Gasteiger partial charge in [-0.3, -0.25) is 0 Å². The molecule has 3 heteroatoms. The van der Waals surface area contributed by atoms with E-state index in [4.69, 9.17) is 9.47 Å². The molecule has 0 amide bonds. The SMILES string of the molecule is COc1ccc(OC)c2c1CNC(CC(C)C)C2C. The molecule has 2 unspecified atom stereocenters. The van der Waals surface area contributed by atoms with Gasteiger partial charge in [-0.05, 0) is 24.5 Å². The third-order valence-corrected chi connectivity index (χ3v) is 4.04. The lowest BCUT2D eigenvalue weighted by Gasteiger charge is -2.35. The Labute approximate surface area is 116 Å². The molecule has 106 valence electrons. The summed E-state index contributed by atoms with van der Waals surface area (Å²) in [5, 5.41) is 3.65. The summed E-state index contributed by atoms with van der Waals surface area (Å²) < 4.78 is 11.0. The van der Waals surface area contributed by atoms with Crippen molar-refractivity contribution in [1.82, 2.24) is 5.32 Å². The molecule has 0 aromatic heterocycles. The number of nitrogens with one attached hydrogen (secondary N) is 1. The standard InChI is InChI=1S/C16H25NO2/c1-10(2)8-13-11(3)16-12(9-17-13)14(18-4)6-7-15(16)19-5/h6-7,10-11,13,17H,8-9H2,1-5H3. The largest absolute Gasteiger partial charge is 0.496 e. The van der Waals surface area contributed by atoms with Crippen LogP contribution in [0.2, 0.25) is 0 Å². The van der Waals surface area contributed by atoms with Crippen molar-refractivity contribution in [1.29, 1.82) is 0 Å². The Morgan fingerprint density at radius 1 is 1.21 bits per heavy atom. The van der Waals surface area contributed by atoms with E-state index in [1.165, 1.54) is 17.5 Å². The van der Waals surface area contributed by atoms with Crippen LogP contribution in [0.4, 0.5) is 0 Å². The second-order valence-corrected chi connectivity index (χ2v) is 5.77. The van der Waals surface area contributed by atoms with Crippen molar-refractivity contribution in [3.63, 3.8) is 0 Å². The number of hydrogen-bond donors (Lipinski definition) is 1. The van der Waals surface area contributed by atoms with Crippen LogP contribution in [0.1, 0.15) is 44.2 Å². The third-order valence-electron chi connectivity index (χ3n) is 4.04. The van der Waals surface area contributed by atoms with Gasteiger partial charge in [0, 0.05) is 29.6 Å². The lowest BCUT2D eigenvalue weighted by atomic mass is 9.81. The highest BCUT2D eigenvalue weighted by molar-refractivity contribution is 5.52. The first kappa shape index (κ1) is 14.2. The molecule has 2 atom stereocenters. The molecule has 1 heterocycles. The minimum atomic E-state index is 0.441. The minimum absolute atomic E-state index is 0.441. The quantitative estimate of drug-likeness (QED) is 0.904. The zero-order valence-corrected chi connectivity index (χ0v) is 12.6. The summed E-state index contributed by atoms with van der Waals surface area (Å²) in [6.07, 6.45) is 1.18. The summed E-state index contributed by atoms with van der Waals surface area (Å²) in [5.41, 5.74) is 2.56. The highest BCUT2D eigenvalue weighted by Crippen LogP contribution is 2.41. The van der Waals surface area contributed by atoms with E-state index < -0.39 is 0 Å². The number of rotatable bonds is 4. The summed E-state index contributed by atoms with van der Waals surface area (Å²) in [6.45, 7) is 7.68. The predicted octanol–water partition coefficient (Wildman–Crippen LogP) is 3.33. The first-order chi connectivity index (χ1) is 9.08. The molecule has 0 saturated heterocycles. The molecule has 0 radical (unpaired) electrons. The van der Waals surface area contributed by atoms with Crippen LogP contribution < -0.4 is 14.8 Å².